The van der Waals surface area contributed by atoms with Crippen LogP contribution in [-0.4, -0.2) is 12.8 Å². The lowest BCUT2D eigenvalue weighted by molar-refractivity contribution is 0.270. The molecule has 0 aliphatic heterocycles. The Labute approximate surface area is 83.6 Å². The highest BCUT2D eigenvalue weighted by Crippen LogP contribution is 2.28. The molecule has 0 bridgehead atoms. The van der Waals surface area contributed by atoms with Gasteiger partial charge in [0.25, 0.3) is 0 Å². The molecule has 0 radical (unpaired) electrons. The van der Waals surface area contributed by atoms with Gasteiger partial charge in [-0.2, -0.15) is 0 Å². The summed E-state index contributed by atoms with van der Waals surface area (Å²) < 4.78 is 0. The lowest BCUT2D eigenvalue weighted by atomic mass is 9.81. The molecule has 0 fully saturated rings. The molecule has 0 saturated heterocycles. The van der Waals surface area contributed by atoms with Crippen LogP contribution in [0, 0.1) is 11.3 Å². The molecule has 0 spiro atoms. The van der Waals surface area contributed by atoms with E-state index in [1.807, 2.05) is 6.21 Å². The number of hydrogen-bond acceptors (Lipinski definition) is 1. The molecule has 0 aromatic heterocycles. The first-order valence-corrected chi connectivity index (χ1v) is 5.46. The second-order valence-electron chi connectivity index (χ2n) is 5.01. The molecule has 0 saturated carbocycles. The van der Waals surface area contributed by atoms with E-state index < -0.39 is 0 Å². The van der Waals surface area contributed by atoms with Crippen molar-refractivity contribution in [3.8, 4) is 0 Å². The zero-order chi connectivity index (χ0) is 10.3. The molecule has 0 atom stereocenters. The number of nitrogens with zero attached hydrogens (tertiary/aromatic N) is 1. The van der Waals surface area contributed by atoms with Crippen LogP contribution in [0.4, 0.5) is 0 Å². The van der Waals surface area contributed by atoms with Crippen LogP contribution in [0.3, 0.4) is 0 Å². The standard InChI is InChI=1S/C12H25N/c1-6-8-13-9-7-12(4,5)10-11(2)3/h8,11H,6-7,9-10H2,1-5H3. The maximum absolute atomic E-state index is 4.36. The van der Waals surface area contributed by atoms with Crippen LogP contribution in [0.15, 0.2) is 4.99 Å². The minimum absolute atomic E-state index is 0.458. The summed E-state index contributed by atoms with van der Waals surface area (Å²) >= 11 is 0. The van der Waals surface area contributed by atoms with E-state index in [9.17, 15) is 0 Å². The minimum atomic E-state index is 0.458. The molecule has 13 heavy (non-hydrogen) atoms. The zero-order valence-electron chi connectivity index (χ0n) is 9.93. The predicted octanol–water partition coefficient (Wildman–Crippen LogP) is 3.93. The first-order chi connectivity index (χ1) is 5.98. The summed E-state index contributed by atoms with van der Waals surface area (Å²) in [6.07, 6.45) is 5.59. The van der Waals surface area contributed by atoms with Gasteiger partial charge in [-0.05, 0) is 36.8 Å². The van der Waals surface area contributed by atoms with Crippen molar-refractivity contribution in [1.29, 1.82) is 0 Å². The maximum Gasteiger partial charge on any atom is 0.0390 e. The zero-order valence-corrected chi connectivity index (χ0v) is 9.93. The Kier molecular flexibility index (Phi) is 6.02. The second-order valence-corrected chi connectivity index (χ2v) is 5.01. The SMILES string of the molecule is CCC=NCCC(C)(C)CC(C)C. The monoisotopic (exact) mass is 183 g/mol. The summed E-state index contributed by atoms with van der Waals surface area (Å²) in [6, 6.07) is 0. The molecule has 78 valence electrons. The minimum Gasteiger partial charge on any atom is -0.298 e. The Morgan fingerprint density at radius 3 is 2.38 bits per heavy atom. The summed E-state index contributed by atoms with van der Waals surface area (Å²) in [7, 11) is 0. The van der Waals surface area contributed by atoms with Crippen LogP contribution in [0.5, 0.6) is 0 Å². The summed E-state index contributed by atoms with van der Waals surface area (Å²) in [4.78, 5) is 4.36. The quantitative estimate of drug-likeness (QED) is 0.553. The van der Waals surface area contributed by atoms with E-state index in [1.165, 1.54) is 12.8 Å². The van der Waals surface area contributed by atoms with Gasteiger partial charge in [0, 0.05) is 6.54 Å². The molecule has 0 aromatic carbocycles. The number of aliphatic imine (C=N–C) groups is 1. The van der Waals surface area contributed by atoms with E-state index in [0.29, 0.717) is 5.41 Å². The summed E-state index contributed by atoms with van der Waals surface area (Å²) in [5.41, 5.74) is 0.458. The van der Waals surface area contributed by atoms with Gasteiger partial charge in [-0.1, -0.05) is 34.6 Å². The van der Waals surface area contributed by atoms with Gasteiger partial charge in [-0.3, -0.25) is 4.99 Å². The summed E-state index contributed by atoms with van der Waals surface area (Å²) in [6.45, 7) is 12.4. The topological polar surface area (TPSA) is 12.4 Å². The molecule has 0 aliphatic carbocycles. The largest absolute Gasteiger partial charge is 0.298 e. The van der Waals surface area contributed by atoms with Gasteiger partial charge in [0.2, 0.25) is 0 Å². The van der Waals surface area contributed by atoms with Crippen LogP contribution in [0.25, 0.3) is 0 Å². The van der Waals surface area contributed by atoms with E-state index in [1.54, 1.807) is 0 Å². The molecule has 0 heterocycles. The highest BCUT2D eigenvalue weighted by Gasteiger charge is 2.18. The highest BCUT2D eigenvalue weighted by molar-refractivity contribution is 5.56. The van der Waals surface area contributed by atoms with E-state index in [4.69, 9.17) is 0 Å². The molecule has 0 amide bonds. The van der Waals surface area contributed by atoms with Crippen LogP contribution >= 0.6 is 0 Å². The molecule has 0 aromatic rings. The van der Waals surface area contributed by atoms with Crippen LogP contribution in [-0.2, 0) is 0 Å². The predicted molar refractivity (Wildman–Crippen MR) is 61.5 cm³/mol. The average molecular weight is 183 g/mol. The Morgan fingerprint density at radius 1 is 1.31 bits per heavy atom. The van der Waals surface area contributed by atoms with Gasteiger partial charge >= 0.3 is 0 Å². The summed E-state index contributed by atoms with van der Waals surface area (Å²) in [5.74, 6) is 0.796. The average Bonchev–Trinajstić information content (AvgIpc) is 1.95. The molecule has 0 unspecified atom stereocenters. The third-order valence-electron chi connectivity index (χ3n) is 2.19. The fourth-order valence-electron chi connectivity index (χ4n) is 1.79. The Balaban J connectivity index is 3.68. The van der Waals surface area contributed by atoms with E-state index in [2.05, 4.69) is 39.6 Å². The van der Waals surface area contributed by atoms with Crippen molar-refractivity contribution in [1.82, 2.24) is 0 Å². The van der Waals surface area contributed by atoms with E-state index in [0.717, 1.165) is 18.9 Å². The van der Waals surface area contributed by atoms with Crippen molar-refractivity contribution < 1.29 is 0 Å². The second kappa shape index (κ2) is 6.17. The van der Waals surface area contributed by atoms with Crippen molar-refractivity contribution in [2.45, 2.75) is 53.9 Å². The van der Waals surface area contributed by atoms with Crippen molar-refractivity contribution in [2.75, 3.05) is 6.54 Å². The van der Waals surface area contributed by atoms with Crippen molar-refractivity contribution >= 4 is 6.21 Å². The molecular weight excluding hydrogens is 158 g/mol. The highest BCUT2D eigenvalue weighted by atomic mass is 14.7. The van der Waals surface area contributed by atoms with Crippen molar-refractivity contribution in [3.05, 3.63) is 0 Å². The van der Waals surface area contributed by atoms with Gasteiger partial charge in [0.1, 0.15) is 0 Å². The van der Waals surface area contributed by atoms with Gasteiger partial charge in [0.15, 0.2) is 0 Å². The fourth-order valence-corrected chi connectivity index (χ4v) is 1.79. The Morgan fingerprint density at radius 2 is 1.92 bits per heavy atom. The lowest BCUT2D eigenvalue weighted by Gasteiger charge is -2.25. The van der Waals surface area contributed by atoms with Gasteiger partial charge in [-0.15, -0.1) is 0 Å². The molecule has 1 heteroatoms. The molecule has 0 N–H and O–H groups in total. The molecule has 0 rings (SSSR count). The van der Waals surface area contributed by atoms with Gasteiger partial charge < -0.3 is 0 Å². The fraction of sp³-hybridized carbons (Fsp3) is 0.917. The third-order valence-corrected chi connectivity index (χ3v) is 2.19. The molecule has 1 nitrogen and oxygen atoms in total. The molecule has 0 aliphatic rings. The number of hydrogen-bond donors (Lipinski definition) is 0. The first kappa shape index (κ1) is 12.7. The van der Waals surface area contributed by atoms with Crippen molar-refractivity contribution in [2.24, 2.45) is 16.3 Å². The van der Waals surface area contributed by atoms with E-state index in [-0.39, 0.29) is 0 Å². The Hall–Kier alpha value is -0.330. The smallest absolute Gasteiger partial charge is 0.0390 e. The maximum atomic E-state index is 4.36. The van der Waals surface area contributed by atoms with Crippen LogP contribution in [0.1, 0.15) is 53.9 Å². The van der Waals surface area contributed by atoms with Crippen molar-refractivity contribution in [3.63, 3.8) is 0 Å². The normalized spacial score (nSPS) is 13.1. The van der Waals surface area contributed by atoms with Gasteiger partial charge in [-0.25, -0.2) is 0 Å². The first-order valence-electron chi connectivity index (χ1n) is 5.46. The summed E-state index contributed by atoms with van der Waals surface area (Å²) in [5, 5.41) is 0. The lowest BCUT2D eigenvalue weighted by Crippen LogP contribution is -2.15. The molecular formula is C12H25N. The Bertz CT molecular complexity index is 145. The van der Waals surface area contributed by atoms with Gasteiger partial charge in [0.05, 0.1) is 0 Å². The third kappa shape index (κ3) is 8.01. The van der Waals surface area contributed by atoms with Crippen LogP contribution in [0.2, 0.25) is 0 Å². The number of rotatable bonds is 6. The van der Waals surface area contributed by atoms with Crippen LogP contribution < -0.4 is 0 Å². The van der Waals surface area contributed by atoms with E-state index >= 15 is 0 Å².